The molecule has 0 saturated heterocycles. The van der Waals surface area contributed by atoms with Crippen molar-refractivity contribution in [1.29, 1.82) is 0 Å². The Morgan fingerprint density at radius 3 is 1.31 bits per heavy atom. The molecule has 0 heterocycles. The number of hydrogen-bond donors (Lipinski definition) is 0. The summed E-state index contributed by atoms with van der Waals surface area (Å²) in [7, 11) is 3.63. The molecular weight excluding hydrogens is 392 g/mol. The van der Waals surface area contributed by atoms with E-state index in [0.717, 1.165) is 35.1 Å². The van der Waals surface area contributed by atoms with Gasteiger partial charge in [0.05, 0.1) is 14.2 Å². The molecule has 0 fully saturated rings. The monoisotopic (exact) mass is 418 g/mol. The van der Waals surface area contributed by atoms with Crippen molar-refractivity contribution in [1.82, 2.24) is 0 Å². The molecule has 0 aromatic heterocycles. The van der Waals surface area contributed by atoms with Crippen molar-refractivity contribution >= 4 is 10.8 Å². The summed E-state index contributed by atoms with van der Waals surface area (Å²) < 4.78 is 12.5. The third-order valence-corrected chi connectivity index (χ3v) is 7.12. The molecule has 0 spiro atoms. The first-order chi connectivity index (χ1) is 15.8. The molecule has 3 aliphatic carbocycles. The molecule has 0 amide bonds. The Balaban J connectivity index is 1.82. The lowest BCUT2D eigenvalue weighted by Crippen LogP contribution is -2.19. The van der Waals surface area contributed by atoms with Gasteiger partial charge in [-0.2, -0.15) is 0 Å². The zero-order valence-corrected chi connectivity index (χ0v) is 18.5. The maximum Gasteiger partial charge on any atom is 0.131 e. The standard InChI is InChI=1S/C30H26O2/c1-31-29-25-21-13-15-22(16-14-21)26(25)30(32-2)28-24(20-11-7-4-8-12-20)18-17-23(27(28)29)19-9-5-3-6-10-19/h3-13,15,17-18,21-22H,14,16H2,1-2H3/t21-,22+. The Bertz CT molecular complexity index is 1230. The van der Waals surface area contributed by atoms with Crippen molar-refractivity contribution in [2.75, 3.05) is 14.2 Å². The normalized spacial score (nSPS) is 18.6. The molecule has 2 nitrogen and oxygen atoms in total. The van der Waals surface area contributed by atoms with Crippen molar-refractivity contribution in [3.63, 3.8) is 0 Å². The Labute approximate surface area is 189 Å². The van der Waals surface area contributed by atoms with Gasteiger partial charge in [-0.3, -0.25) is 0 Å². The molecule has 0 saturated carbocycles. The van der Waals surface area contributed by atoms with Crippen molar-refractivity contribution in [2.24, 2.45) is 0 Å². The Kier molecular flexibility index (Phi) is 4.53. The molecule has 0 unspecified atom stereocenters. The van der Waals surface area contributed by atoms with Gasteiger partial charge in [0, 0.05) is 33.7 Å². The highest BCUT2D eigenvalue weighted by molar-refractivity contribution is 6.12. The average Bonchev–Trinajstić information content (AvgIpc) is 2.88. The fourth-order valence-electron chi connectivity index (χ4n) is 5.77. The van der Waals surface area contributed by atoms with Gasteiger partial charge < -0.3 is 9.47 Å². The lowest BCUT2D eigenvalue weighted by molar-refractivity contribution is 0.386. The van der Waals surface area contributed by atoms with Crippen molar-refractivity contribution in [3.8, 4) is 33.8 Å². The summed E-state index contributed by atoms with van der Waals surface area (Å²) in [6.45, 7) is 0. The number of methoxy groups -OCH3 is 2. The van der Waals surface area contributed by atoms with Crippen molar-refractivity contribution in [2.45, 2.75) is 24.7 Å². The van der Waals surface area contributed by atoms with E-state index in [-0.39, 0.29) is 0 Å². The second-order valence-electron chi connectivity index (χ2n) is 8.71. The molecule has 158 valence electrons. The van der Waals surface area contributed by atoms with Crippen LogP contribution in [0.3, 0.4) is 0 Å². The molecule has 0 N–H and O–H groups in total. The van der Waals surface area contributed by atoms with Crippen LogP contribution >= 0.6 is 0 Å². The van der Waals surface area contributed by atoms with E-state index in [2.05, 4.69) is 84.9 Å². The predicted molar refractivity (Wildman–Crippen MR) is 132 cm³/mol. The molecule has 7 rings (SSSR count). The van der Waals surface area contributed by atoms with Gasteiger partial charge >= 0.3 is 0 Å². The summed E-state index contributed by atoms with van der Waals surface area (Å²) >= 11 is 0. The SMILES string of the molecule is COc1c2c(c(OC)c3c(-c4ccccc4)ccc(-c4ccccc4)c13)[C@H]1C=C[C@@H]2CC1. The smallest absolute Gasteiger partial charge is 0.131 e. The van der Waals surface area contributed by atoms with Gasteiger partial charge in [0.25, 0.3) is 0 Å². The Morgan fingerprint density at radius 1 is 0.562 bits per heavy atom. The van der Waals surface area contributed by atoms with Crippen LogP contribution in [0.4, 0.5) is 0 Å². The number of hydrogen-bond acceptors (Lipinski definition) is 2. The molecule has 2 atom stereocenters. The van der Waals surface area contributed by atoms with Crippen LogP contribution in [0.5, 0.6) is 11.5 Å². The third kappa shape index (κ3) is 2.72. The summed E-state index contributed by atoms with van der Waals surface area (Å²) in [5.41, 5.74) is 7.38. The fourth-order valence-corrected chi connectivity index (χ4v) is 5.77. The zero-order chi connectivity index (χ0) is 21.7. The lowest BCUT2D eigenvalue weighted by atomic mass is 9.69. The minimum absolute atomic E-state index is 0.382. The molecule has 4 aromatic rings. The summed E-state index contributed by atoms with van der Waals surface area (Å²) in [6, 6.07) is 25.7. The van der Waals surface area contributed by atoms with Gasteiger partial charge in [0.1, 0.15) is 11.5 Å². The minimum atomic E-state index is 0.382. The first-order valence-electron chi connectivity index (χ1n) is 11.4. The van der Waals surface area contributed by atoms with E-state index in [9.17, 15) is 0 Å². The van der Waals surface area contributed by atoms with Crippen LogP contribution in [0.2, 0.25) is 0 Å². The largest absolute Gasteiger partial charge is 0.496 e. The number of benzene rings is 4. The van der Waals surface area contributed by atoms with E-state index in [1.54, 1.807) is 0 Å². The van der Waals surface area contributed by atoms with Gasteiger partial charge in [0.2, 0.25) is 0 Å². The third-order valence-electron chi connectivity index (χ3n) is 7.12. The average molecular weight is 419 g/mol. The van der Waals surface area contributed by atoms with Gasteiger partial charge in [-0.15, -0.1) is 0 Å². The Morgan fingerprint density at radius 2 is 0.969 bits per heavy atom. The molecule has 3 aliphatic rings. The molecule has 4 aromatic carbocycles. The van der Waals surface area contributed by atoms with E-state index in [1.807, 2.05) is 14.2 Å². The van der Waals surface area contributed by atoms with Crippen molar-refractivity contribution in [3.05, 3.63) is 96.1 Å². The highest BCUT2D eigenvalue weighted by Crippen LogP contribution is 2.58. The highest BCUT2D eigenvalue weighted by Gasteiger charge is 2.37. The van der Waals surface area contributed by atoms with Gasteiger partial charge in [-0.25, -0.2) is 0 Å². The van der Waals surface area contributed by atoms with Gasteiger partial charge in [0.15, 0.2) is 0 Å². The minimum Gasteiger partial charge on any atom is -0.496 e. The van der Waals surface area contributed by atoms with Crippen molar-refractivity contribution < 1.29 is 9.47 Å². The van der Waals surface area contributed by atoms with E-state index >= 15 is 0 Å². The van der Waals surface area contributed by atoms with Crippen LogP contribution in [-0.4, -0.2) is 14.2 Å². The topological polar surface area (TPSA) is 18.5 Å². The molecule has 0 radical (unpaired) electrons. The summed E-state index contributed by atoms with van der Waals surface area (Å²) in [6.07, 6.45) is 7.07. The van der Waals surface area contributed by atoms with Crippen LogP contribution in [0.25, 0.3) is 33.0 Å². The zero-order valence-electron chi connectivity index (χ0n) is 18.5. The first kappa shape index (κ1) is 19.2. The van der Waals surface area contributed by atoms with Gasteiger partial charge in [-0.1, -0.05) is 84.9 Å². The summed E-state index contributed by atoms with van der Waals surface area (Å²) in [5.74, 6) is 2.78. The second kappa shape index (κ2) is 7.56. The summed E-state index contributed by atoms with van der Waals surface area (Å²) in [5, 5.41) is 2.30. The number of rotatable bonds is 4. The van der Waals surface area contributed by atoms with E-state index < -0.39 is 0 Å². The molecule has 0 aliphatic heterocycles. The van der Waals surface area contributed by atoms with E-state index in [4.69, 9.17) is 9.47 Å². The van der Waals surface area contributed by atoms with Crippen LogP contribution in [0, 0.1) is 0 Å². The summed E-state index contributed by atoms with van der Waals surface area (Å²) in [4.78, 5) is 0. The predicted octanol–water partition coefficient (Wildman–Crippen LogP) is 7.72. The van der Waals surface area contributed by atoms with Crippen LogP contribution in [-0.2, 0) is 0 Å². The number of ether oxygens (including phenoxy) is 2. The molecule has 2 bridgehead atoms. The second-order valence-corrected chi connectivity index (χ2v) is 8.71. The maximum atomic E-state index is 6.24. The molecule has 32 heavy (non-hydrogen) atoms. The maximum absolute atomic E-state index is 6.24. The van der Waals surface area contributed by atoms with E-state index in [0.29, 0.717) is 11.8 Å². The number of fused-ring (bicyclic) bond motifs is 2. The fraction of sp³-hybridized carbons (Fsp3) is 0.200. The number of allylic oxidation sites excluding steroid dienone is 2. The first-order valence-corrected chi connectivity index (χ1v) is 11.4. The van der Waals surface area contributed by atoms with Gasteiger partial charge in [-0.05, 0) is 35.1 Å². The quantitative estimate of drug-likeness (QED) is 0.316. The molecular formula is C30H26O2. The van der Waals surface area contributed by atoms with Crippen LogP contribution in [0.15, 0.2) is 84.9 Å². The van der Waals surface area contributed by atoms with Crippen LogP contribution in [0.1, 0.15) is 35.8 Å². The Hall–Kier alpha value is -3.52. The van der Waals surface area contributed by atoms with E-state index in [1.165, 1.54) is 33.4 Å². The molecule has 2 heteroatoms. The van der Waals surface area contributed by atoms with Crippen LogP contribution < -0.4 is 9.47 Å². The highest BCUT2D eigenvalue weighted by atomic mass is 16.5. The lowest BCUT2D eigenvalue weighted by Gasteiger charge is -2.37.